The van der Waals surface area contributed by atoms with E-state index in [4.69, 9.17) is 23.2 Å². The Morgan fingerprint density at radius 3 is 2.37 bits per heavy atom. The first-order valence-electron chi connectivity index (χ1n) is 5.28. The third-order valence-corrected chi connectivity index (χ3v) is 3.05. The van der Waals surface area contributed by atoms with Gasteiger partial charge in [0.1, 0.15) is 0 Å². The van der Waals surface area contributed by atoms with E-state index in [0.717, 1.165) is 0 Å². The van der Waals surface area contributed by atoms with Crippen molar-refractivity contribution in [2.45, 2.75) is 6.42 Å². The summed E-state index contributed by atoms with van der Waals surface area (Å²) >= 11 is 12.0. The highest BCUT2D eigenvalue weighted by atomic mass is 35.5. The van der Waals surface area contributed by atoms with E-state index in [-0.39, 0.29) is 28.1 Å². The summed E-state index contributed by atoms with van der Waals surface area (Å²) in [7, 11) is 2.98. The van der Waals surface area contributed by atoms with Crippen molar-refractivity contribution >= 4 is 40.5 Å². The lowest BCUT2D eigenvalue weighted by Crippen LogP contribution is -2.22. The quantitative estimate of drug-likeness (QED) is 0.475. The fourth-order valence-electron chi connectivity index (χ4n) is 1.50. The molecule has 0 atom stereocenters. The monoisotopic (exact) mass is 306 g/mol. The number of carbonyl (C=O) groups excluding carboxylic acids is 1. The highest BCUT2D eigenvalue weighted by Crippen LogP contribution is 2.36. The van der Waals surface area contributed by atoms with Crippen molar-refractivity contribution in [1.82, 2.24) is 0 Å². The van der Waals surface area contributed by atoms with Crippen LogP contribution in [0.3, 0.4) is 0 Å². The average Bonchev–Trinajstić information content (AvgIpc) is 2.34. The molecule has 19 heavy (non-hydrogen) atoms. The van der Waals surface area contributed by atoms with E-state index >= 15 is 0 Å². The van der Waals surface area contributed by atoms with Gasteiger partial charge in [0.2, 0.25) is 0 Å². The maximum atomic E-state index is 11.1. The van der Waals surface area contributed by atoms with Gasteiger partial charge in [0.25, 0.3) is 5.69 Å². The van der Waals surface area contributed by atoms with Crippen molar-refractivity contribution in [2.24, 2.45) is 0 Å². The average molecular weight is 307 g/mol. The van der Waals surface area contributed by atoms with E-state index in [9.17, 15) is 14.9 Å². The molecule has 0 spiro atoms. The maximum Gasteiger partial charge on any atom is 0.307 e. The first-order chi connectivity index (χ1) is 8.86. The molecule has 0 aliphatic carbocycles. The van der Waals surface area contributed by atoms with Crippen molar-refractivity contribution in [3.63, 3.8) is 0 Å². The smallest absolute Gasteiger partial charge is 0.307 e. The Balaban J connectivity index is 2.94. The van der Waals surface area contributed by atoms with Gasteiger partial charge in [-0.2, -0.15) is 0 Å². The van der Waals surface area contributed by atoms with E-state index in [2.05, 4.69) is 4.74 Å². The predicted octanol–water partition coefficient (Wildman–Crippen LogP) is 2.90. The molecule has 8 heteroatoms. The number of ether oxygens (including phenoxy) is 1. The lowest BCUT2D eigenvalue weighted by Gasteiger charge is -2.21. The van der Waals surface area contributed by atoms with Crippen molar-refractivity contribution in [2.75, 3.05) is 25.6 Å². The lowest BCUT2D eigenvalue weighted by atomic mass is 10.2. The molecule has 0 amide bonds. The van der Waals surface area contributed by atoms with Crippen LogP contribution in [0.15, 0.2) is 12.1 Å². The standard InChI is InChI=1S/C11H12Cl2N2O4/c1-14(4-3-10(16)19-2)11-8(12)5-7(15(17)18)6-9(11)13/h5-6H,3-4H2,1-2H3. The van der Waals surface area contributed by atoms with Gasteiger partial charge in [-0.25, -0.2) is 0 Å². The van der Waals surface area contributed by atoms with Crippen LogP contribution in [0.2, 0.25) is 10.0 Å². The molecule has 0 aliphatic heterocycles. The minimum atomic E-state index is -0.573. The molecule has 0 fully saturated rings. The molecule has 6 nitrogen and oxygen atoms in total. The summed E-state index contributed by atoms with van der Waals surface area (Å²) in [4.78, 5) is 22.8. The molecular formula is C11H12Cl2N2O4. The molecule has 0 saturated heterocycles. The van der Waals surface area contributed by atoms with Crippen LogP contribution in [0.5, 0.6) is 0 Å². The largest absolute Gasteiger partial charge is 0.469 e. The van der Waals surface area contributed by atoms with Gasteiger partial charge in [-0.15, -0.1) is 0 Å². The number of benzene rings is 1. The molecule has 0 saturated carbocycles. The number of esters is 1. The lowest BCUT2D eigenvalue weighted by molar-refractivity contribution is -0.384. The second-order valence-electron chi connectivity index (χ2n) is 3.76. The van der Waals surface area contributed by atoms with E-state index in [0.29, 0.717) is 12.2 Å². The Kier molecular flexibility index (Phi) is 5.38. The molecule has 0 unspecified atom stereocenters. The zero-order valence-corrected chi connectivity index (χ0v) is 11.9. The highest BCUT2D eigenvalue weighted by molar-refractivity contribution is 6.39. The molecule has 1 rings (SSSR count). The Bertz CT molecular complexity index is 484. The molecule has 0 bridgehead atoms. The summed E-state index contributed by atoms with van der Waals surface area (Å²) in [5, 5.41) is 11.0. The van der Waals surface area contributed by atoms with Gasteiger partial charge in [-0.3, -0.25) is 14.9 Å². The summed E-state index contributed by atoms with van der Waals surface area (Å²) in [6.45, 7) is 0.337. The molecular weight excluding hydrogens is 295 g/mol. The van der Waals surface area contributed by atoms with Crippen LogP contribution in [0.1, 0.15) is 6.42 Å². The fourth-order valence-corrected chi connectivity index (χ4v) is 2.26. The van der Waals surface area contributed by atoms with Gasteiger partial charge in [0.15, 0.2) is 0 Å². The summed E-state index contributed by atoms with van der Waals surface area (Å²) in [5.41, 5.74) is 0.262. The Labute approximate surface area is 120 Å². The first kappa shape index (κ1) is 15.5. The summed E-state index contributed by atoms with van der Waals surface area (Å²) in [5.74, 6) is -0.360. The van der Waals surface area contributed by atoms with Crippen LogP contribution in [0, 0.1) is 10.1 Å². The third-order valence-electron chi connectivity index (χ3n) is 2.47. The summed E-state index contributed by atoms with van der Waals surface area (Å²) < 4.78 is 4.53. The second kappa shape index (κ2) is 6.58. The van der Waals surface area contributed by atoms with Gasteiger partial charge in [-0.05, 0) is 0 Å². The Hall–Kier alpha value is -1.53. The molecule has 1 aromatic carbocycles. The number of nitro benzene ring substituents is 1. The molecule has 0 heterocycles. The number of methoxy groups -OCH3 is 1. The van der Waals surface area contributed by atoms with Crippen molar-refractivity contribution in [3.05, 3.63) is 32.3 Å². The van der Waals surface area contributed by atoms with Crippen molar-refractivity contribution in [3.8, 4) is 0 Å². The molecule has 1 aromatic rings. The first-order valence-corrected chi connectivity index (χ1v) is 6.03. The van der Waals surface area contributed by atoms with Crippen LogP contribution < -0.4 is 4.90 Å². The van der Waals surface area contributed by atoms with Crippen LogP contribution in [0.4, 0.5) is 11.4 Å². The molecule has 104 valence electrons. The molecule has 0 N–H and O–H groups in total. The minimum Gasteiger partial charge on any atom is -0.469 e. The number of rotatable bonds is 5. The number of nitro groups is 1. The summed E-state index contributed by atoms with van der Waals surface area (Å²) in [6, 6.07) is 2.44. The van der Waals surface area contributed by atoms with Gasteiger partial charge < -0.3 is 9.64 Å². The van der Waals surface area contributed by atoms with Crippen LogP contribution >= 0.6 is 23.2 Å². The topological polar surface area (TPSA) is 72.7 Å². The zero-order valence-electron chi connectivity index (χ0n) is 10.4. The summed E-state index contributed by atoms with van der Waals surface area (Å²) in [6.07, 6.45) is 0.163. The van der Waals surface area contributed by atoms with E-state index < -0.39 is 4.92 Å². The number of carbonyl (C=O) groups is 1. The van der Waals surface area contributed by atoms with E-state index in [1.807, 2.05) is 0 Å². The van der Waals surface area contributed by atoms with Gasteiger partial charge in [0, 0.05) is 25.7 Å². The number of non-ortho nitro benzene ring substituents is 1. The van der Waals surface area contributed by atoms with E-state index in [1.165, 1.54) is 19.2 Å². The van der Waals surface area contributed by atoms with Gasteiger partial charge >= 0.3 is 5.97 Å². The van der Waals surface area contributed by atoms with Crippen LogP contribution in [0.25, 0.3) is 0 Å². The zero-order chi connectivity index (χ0) is 14.6. The van der Waals surface area contributed by atoms with Crippen LogP contribution in [-0.2, 0) is 9.53 Å². The normalized spacial score (nSPS) is 10.1. The number of anilines is 1. The van der Waals surface area contributed by atoms with Crippen molar-refractivity contribution < 1.29 is 14.5 Å². The molecule has 0 aromatic heterocycles. The Morgan fingerprint density at radius 2 is 1.95 bits per heavy atom. The predicted molar refractivity (Wildman–Crippen MR) is 73.0 cm³/mol. The number of halogens is 2. The number of nitrogens with zero attached hydrogens (tertiary/aromatic N) is 2. The second-order valence-corrected chi connectivity index (χ2v) is 4.58. The van der Waals surface area contributed by atoms with Crippen LogP contribution in [-0.4, -0.2) is 31.6 Å². The highest BCUT2D eigenvalue weighted by Gasteiger charge is 2.17. The fraction of sp³-hybridized carbons (Fsp3) is 0.364. The SMILES string of the molecule is COC(=O)CCN(C)c1c(Cl)cc([N+](=O)[O-])cc1Cl. The van der Waals surface area contributed by atoms with Crippen molar-refractivity contribution in [1.29, 1.82) is 0 Å². The van der Waals surface area contributed by atoms with Gasteiger partial charge in [0.05, 0.1) is 34.2 Å². The molecule has 0 aliphatic rings. The third kappa shape index (κ3) is 3.97. The maximum absolute atomic E-state index is 11.1. The Morgan fingerprint density at radius 1 is 1.42 bits per heavy atom. The molecule has 0 radical (unpaired) electrons. The minimum absolute atomic E-state index is 0.159. The number of hydrogen-bond acceptors (Lipinski definition) is 5. The van der Waals surface area contributed by atoms with E-state index in [1.54, 1.807) is 11.9 Å². The number of hydrogen-bond donors (Lipinski definition) is 0. The van der Waals surface area contributed by atoms with Gasteiger partial charge in [-0.1, -0.05) is 23.2 Å².